The average Bonchev–Trinajstić information content (AvgIpc) is 3.27. The Kier molecular flexibility index (Phi) is 5.54. The zero-order valence-corrected chi connectivity index (χ0v) is 16.1. The second kappa shape index (κ2) is 7.67. The van der Waals surface area contributed by atoms with Gasteiger partial charge < -0.3 is 10.6 Å². The number of carbonyl (C=O) groups excluding carboxylic acids is 1. The SMILES string of the molecule is Cc1nc(-c2ccccc2)sc1C(C)N(C)C(=O)[C@@H]1CCC[C@@H]1CN. The quantitative estimate of drug-likeness (QED) is 0.879. The molecule has 25 heavy (non-hydrogen) atoms. The maximum Gasteiger partial charge on any atom is 0.226 e. The summed E-state index contributed by atoms with van der Waals surface area (Å²) in [5.41, 5.74) is 8.00. The first-order chi connectivity index (χ1) is 12.0. The number of benzene rings is 1. The van der Waals surface area contributed by atoms with Crippen LogP contribution in [0.1, 0.15) is 42.8 Å². The van der Waals surface area contributed by atoms with Gasteiger partial charge in [0.25, 0.3) is 0 Å². The van der Waals surface area contributed by atoms with E-state index in [-0.39, 0.29) is 17.9 Å². The monoisotopic (exact) mass is 357 g/mol. The molecule has 1 unspecified atom stereocenters. The van der Waals surface area contributed by atoms with E-state index in [1.165, 1.54) is 0 Å². The van der Waals surface area contributed by atoms with Crippen molar-refractivity contribution >= 4 is 17.2 Å². The number of hydrogen-bond acceptors (Lipinski definition) is 4. The van der Waals surface area contributed by atoms with Crippen molar-refractivity contribution in [3.63, 3.8) is 0 Å². The molecule has 4 nitrogen and oxygen atoms in total. The predicted molar refractivity (Wildman–Crippen MR) is 103 cm³/mol. The summed E-state index contributed by atoms with van der Waals surface area (Å²) in [4.78, 5) is 20.8. The molecule has 1 amide bonds. The molecule has 0 radical (unpaired) electrons. The third-order valence-corrected chi connectivity index (χ3v) is 6.82. The Morgan fingerprint density at radius 2 is 2.08 bits per heavy atom. The van der Waals surface area contributed by atoms with Gasteiger partial charge in [0.05, 0.1) is 16.6 Å². The van der Waals surface area contributed by atoms with Crippen LogP contribution in [0.15, 0.2) is 30.3 Å². The van der Waals surface area contributed by atoms with Gasteiger partial charge in [0.1, 0.15) is 5.01 Å². The van der Waals surface area contributed by atoms with E-state index < -0.39 is 0 Å². The first-order valence-corrected chi connectivity index (χ1v) is 9.84. The third kappa shape index (κ3) is 3.62. The average molecular weight is 358 g/mol. The standard InChI is InChI=1S/C20H27N3OS/c1-13-18(25-19(22-13)15-8-5-4-6-9-15)14(2)23(3)20(24)17-11-7-10-16(17)12-21/h4-6,8-9,14,16-17H,7,10-12,21H2,1-3H3/t14?,16-,17-/m1/s1. The van der Waals surface area contributed by atoms with Gasteiger partial charge in [0.15, 0.2) is 0 Å². The van der Waals surface area contributed by atoms with Gasteiger partial charge in [-0.15, -0.1) is 11.3 Å². The second-order valence-electron chi connectivity index (χ2n) is 6.99. The summed E-state index contributed by atoms with van der Waals surface area (Å²) in [5.74, 6) is 0.651. The minimum Gasteiger partial charge on any atom is -0.338 e. The molecule has 1 saturated carbocycles. The van der Waals surface area contributed by atoms with Gasteiger partial charge in [-0.1, -0.05) is 36.8 Å². The molecule has 0 bridgehead atoms. The van der Waals surface area contributed by atoms with Gasteiger partial charge >= 0.3 is 0 Å². The first kappa shape index (κ1) is 18.1. The molecule has 1 aliphatic rings. The van der Waals surface area contributed by atoms with Crippen LogP contribution >= 0.6 is 11.3 Å². The number of carbonyl (C=O) groups is 1. The molecule has 0 spiro atoms. The van der Waals surface area contributed by atoms with Crippen molar-refractivity contribution in [3.05, 3.63) is 40.9 Å². The molecule has 0 aliphatic heterocycles. The van der Waals surface area contributed by atoms with Crippen molar-refractivity contribution in [3.8, 4) is 10.6 Å². The van der Waals surface area contributed by atoms with Crippen LogP contribution < -0.4 is 5.73 Å². The van der Waals surface area contributed by atoms with Gasteiger partial charge in [-0.05, 0) is 39.2 Å². The van der Waals surface area contributed by atoms with Crippen molar-refractivity contribution in [1.29, 1.82) is 0 Å². The Morgan fingerprint density at radius 1 is 1.36 bits per heavy atom. The lowest BCUT2D eigenvalue weighted by molar-refractivity contribution is -0.137. The van der Waals surface area contributed by atoms with Crippen molar-refractivity contribution in [2.45, 2.75) is 39.2 Å². The molecule has 1 aliphatic carbocycles. The highest BCUT2D eigenvalue weighted by Gasteiger charge is 2.35. The first-order valence-electron chi connectivity index (χ1n) is 9.02. The van der Waals surface area contributed by atoms with Crippen molar-refractivity contribution in [2.75, 3.05) is 13.6 Å². The van der Waals surface area contributed by atoms with Crippen LogP contribution in [0.2, 0.25) is 0 Å². The summed E-state index contributed by atoms with van der Waals surface area (Å²) in [6.07, 6.45) is 3.15. The molecule has 1 aromatic carbocycles. The van der Waals surface area contributed by atoms with Gasteiger partial charge in [-0.25, -0.2) is 4.98 Å². The lowest BCUT2D eigenvalue weighted by atomic mass is 9.94. The molecule has 1 fully saturated rings. The van der Waals surface area contributed by atoms with Crippen LogP contribution in [0.4, 0.5) is 0 Å². The van der Waals surface area contributed by atoms with Crippen LogP contribution in [0.25, 0.3) is 10.6 Å². The highest BCUT2D eigenvalue weighted by atomic mass is 32.1. The molecule has 0 saturated heterocycles. The molecule has 1 heterocycles. The Balaban J connectivity index is 1.79. The number of amides is 1. The second-order valence-corrected chi connectivity index (χ2v) is 8.02. The fourth-order valence-corrected chi connectivity index (χ4v) is 4.94. The fourth-order valence-electron chi connectivity index (χ4n) is 3.77. The number of thiazole rings is 1. The maximum atomic E-state index is 13.0. The fraction of sp³-hybridized carbons (Fsp3) is 0.500. The Morgan fingerprint density at radius 3 is 2.76 bits per heavy atom. The van der Waals surface area contributed by atoms with Crippen molar-refractivity contribution < 1.29 is 4.79 Å². The van der Waals surface area contributed by atoms with E-state index in [4.69, 9.17) is 10.7 Å². The van der Waals surface area contributed by atoms with Crippen LogP contribution in [0.3, 0.4) is 0 Å². The minimum atomic E-state index is 0.0292. The van der Waals surface area contributed by atoms with Crippen LogP contribution in [0, 0.1) is 18.8 Å². The number of aromatic nitrogens is 1. The summed E-state index contributed by atoms with van der Waals surface area (Å²) in [5, 5.41) is 1.02. The predicted octanol–water partition coefficient (Wildman–Crippen LogP) is 4.01. The zero-order chi connectivity index (χ0) is 18.0. The zero-order valence-electron chi connectivity index (χ0n) is 15.2. The summed E-state index contributed by atoms with van der Waals surface area (Å²) >= 11 is 1.69. The molecule has 1 aromatic heterocycles. The van der Waals surface area contributed by atoms with Gasteiger partial charge in [0.2, 0.25) is 5.91 Å². The topological polar surface area (TPSA) is 59.2 Å². The number of nitrogens with two attached hydrogens (primary N) is 1. The minimum absolute atomic E-state index is 0.0292. The van der Waals surface area contributed by atoms with Crippen LogP contribution in [-0.4, -0.2) is 29.4 Å². The van der Waals surface area contributed by atoms with Crippen molar-refractivity contribution in [2.24, 2.45) is 17.6 Å². The van der Waals surface area contributed by atoms with Gasteiger partial charge in [-0.3, -0.25) is 4.79 Å². The Bertz CT molecular complexity index is 728. The summed E-state index contributed by atoms with van der Waals surface area (Å²) in [6, 6.07) is 10.2. The molecule has 3 rings (SSSR count). The highest BCUT2D eigenvalue weighted by molar-refractivity contribution is 7.15. The van der Waals surface area contributed by atoms with E-state index in [2.05, 4.69) is 19.1 Å². The Labute approximate surface area is 154 Å². The van der Waals surface area contributed by atoms with Crippen LogP contribution in [-0.2, 0) is 4.79 Å². The number of rotatable bonds is 5. The van der Waals surface area contributed by atoms with Gasteiger partial charge in [-0.2, -0.15) is 0 Å². The number of aryl methyl sites for hydroxylation is 1. The van der Waals surface area contributed by atoms with E-state index in [0.29, 0.717) is 12.5 Å². The lowest BCUT2D eigenvalue weighted by Gasteiger charge is -2.29. The molecule has 2 N–H and O–H groups in total. The summed E-state index contributed by atoms with van der Waals surface area (Å²) < 4.78 is 0. The largest absolute Gasteiger partial charge is 0.338 e. The molecule has 2 aromatic rings. The summed E-state index contributed by atoms with van der Waals surface area (Å²) in [7, 11) is 1.92. The smallest absolute Gasteiger partial charge is 0.226 e. The summed E-state index contributed by atoms with van der Waals surface area (Å²) in [6.45, 7) is 4.74. The van der Waals surface area contributed by atoms with E-state index in [1.54, 1.807) is 11.3 Å². The van der Waals surface area contributed by atoms with Crippen molar-refractivity contribution in [1.82, 2.24) is 9.88 Å². The molecule has 5 heteroatoms. The van der Waals surface area contributed by atoms with Gasteiger partial charge in [0, 0.05) is 18.5 Å². The number of nitrogens with zero attached hydrogens (tertiary/aromatic N) is 2. The molecular weight excluding hydrogens is 330 g/mol. The molecule has 3 atom stereocenters. The van der Waals surface area contributed by atoms with E-state index in [9.17, 15) is 4.79 Å². The van der Waals surface area contributed by atoms with E-state index in [1.807, 2.05) is 37.1 Å². The van der Waals surface area contributed by atoms with E-state index in [0.717, 1.165) is 40.4 Å². The van der Waals surface area contributed by atoms with E-state index >= 15 is 0 Å². The Hall–Kier alpha value is -1.72. The lowest BCUT2D eigenvalue weighted by Crippen LogP contribution is -2.38. The molecule has 134 valence electrons. The highest BCUT2D eigenvalue weighted by Crippen LogP contribution is 2.37. The van der Waals surface area contributed by atoms with Crippen LogP contribution in [0.5, 0.6) is 0 Å². The maximum absolute atomic E-state index is 13.0. The normalized spacial score (nSPS) is 21.3. The molecular formula is C20H27N3OS. The number of hydrogen-bond donors (Lipinski definition) is 1. The third-order valence-electron chi connectivity index (χ3n) is 5.44.